The zero-order valence-corrected chi connectivity index (χ0v) is 12.0. The van der Waals surface area contributed by atoms with Gasteiger partial charge >= 0.3 is 0 Å². The van der Waals surface area contributed by atoms with Gasteiger partial charge in [-0.3, -0.25) is 0 Å². The molecule has 1 nitrogen and oxygen atoms in total. The van der Waals surface area contributed by atoms with Gasteiger partial charge in [-0.05, 0) is 41.8 Å². The number of nitrogens with one attached hydrogen (secondary N) is 1. The third-order valence-electron chi connectivity index (χ3n) is 3.25. The average molecular weight is 275 g/mol. The van der Waals surface area contributed by atoms with Crippen LogP contribution in [0.15, 0.2) is 36.4 Å². The van der Waals surface area contributed by atoms with Gasteiger partial charge in [-0.25, -0.2) is 8.78 Å². The monoisotopic (exact) mass is 275 g/mol. The minimum atomic E-state index is -0.244. The van der Waals surface area contributed by atoms with Crippen molar-refractivity contribution >= 4 is 0 Å². The molecule has 0 heterocycles. The molecule has 0 radical (unpaired) electrons. The number of aryl methyl sites for hydroxylation is 1. The number of hydrogen-bond acceptors (Lipinski definition) is 1. The van der Waals surface area contributed by atoms with E-state index in [2.05, 4.69) is 5.32 Å². The second kappa shape index (κ2) is 6.14. The van der Waals surface area contributed by atoms with Crippen molar-refractivity contribution in [3.8, 4) is 11.1 Å². The van der Waals surface area contributed by atoms with Crippen LogP contribution in [-0.2, 0) is 6.54 Å². The van der Waals surface area contributed by atoms with Gasteiger partial charge < -0.3 is 5.32 Å². The lowest BCUT2D eigenvalue weighted by molar-refractivity contribution is 0.553. The number of hydrogen-bond donors (Lipinski definition) is 1. The van der Waals surface area contributed by atoms with Crippen LogP contribution in [0, 0.1) is 18.6 Å². The standard InChI is InChI=1S/C17H19F2N/c1-11(2)20-10-15-5-4-14(9-17(15)19)13-6-7-16(18)12(3)8-13/h4-9,11,20H,10H2,1-3H3. The van der Waals surface area contributed by atoms with E-state index in [1.807, 2.05) is 19.9 Å². The third-order valence-corrected chi connectivity index (χ3v) is 3.25. The van der Waals surface area contributed by atoms with Gasteiger partial charge in [-0.2, -0.15) is 0 Å². The summed E-state index contributed by atoms with van der Waals surface area (Å²) < 4.78 is 27.3. The molecule has 0 aliphatic carbocycles. The first-order valence-electron chi connectivity index (χ1n) is 6.75. The molecular weight excluding hydrogens is 256 g/mol. The van der Waals surface area contributed by atoms with Gasteiger partial charge in [0.1, 0.15) is 11.6 Å². The minimum Gasteiger partial charge on any atom is -0.310 e. The van der Waals surface area contributed by atoms with Gasteiger partial charge in [-0.15, -0.1) is 0 Å². The molecule has 0 saturated carbocycles. The van der Waals surface area contributed by atoms with Gasteiger partial charge in [0, 0.05) is 18.2 Å². The molecule has 0 saturated heterocycles. The maximum Gasteiger partial charge on any atom is 0.128 e. The largest absolute Gasteiger partial charge is 0.310 e. The maximum absolute atomic E-state index is 14.1. The molecule has 0 aromatic heterocycles. The van der Waals surface area contributed by atoms with Crippen LogP contribution in [0.2, 0.25) is 0 Å². The molecule has 0 aliphatic rings. The van der Waals surface area contributed by atoms with E-state index in [1.54, 1.807) is 25.1 Å². The Kier molecular flexibility index (Phi) is 4.50. The lowest BCUT2D eigenvalue weighted by Gasteiger charge is -2.10. The number of rotatable bonds is 4. The summed E-state index contributed by atoms with van der Waals surface area (Å²) in [6.07, 6.45) is 0. The Labute approximate surface area is 118 Å². The van der Waals surface area contributed by atoms with Crippen molar-refractivity contribution in [3.05, 3.63) is 59.2 Å². The van der Waals surface area contributed by atoms with Crippen molar-refractivity contribution in [2.45, 2.75) is 33.4 Å². The Morgan fingerprint density at radius 3 is 2.20 bits per heavy atom. The normalized spacial score (nSPS) is 11.1. The van der Waals surface area contributed by atoms with Crippen LogP contribution in [0.5, 0.6) is 0 Å². The van der Waals surface area contributed by atoms with E-state index in [-0.39, 0.29) is 11.6 Å². The zero-order chi connectivity index (χ0) is 14.7. The van der Waals surface area contributed by atoms with Gasteiger partial charge in [-0.1, -0.05) is 32.0 Å². The second-order valence-corrected chi connectivity index (χ2v) is 5.31. The predicted molar refractivity (Wildman–Crippen MR) is 78.5 cm³/mol. The summed E-state index contributed by atoms with van der Waals surface area (Å²) in [6.45, 7) is 6.25. The minimum absolute atomic E-state index is 0.238. The summed E-state index contributed by atoms with van der Waals surface area (Å²) in [5, 5.41) is 3.19. The molecule has 2 aromatic carbocycles. The fourth-order valence-corrected chi connectivity index (χ4v) is 2.01. The van der Waals surface area contributed by atoms with Crippen LogP contribution in [0.3, 0.4) is 0 Å². The van der Waals surface area contributed by atoms with Crippen LogP contribution in [-0.4, -0.2) is 6.04 Å². The van der Waals surface area contributed by atoms with Crippen molar-refractivity contribution in [3.63, 3.8) is 0 Å². The molecule has 0 spiro atoms. The molecule has 2 aromatic rings. The van der Waals surface area contributed by atoms with Crippen molar-refractivity contribution in [2.24, 2.45) is 0 Å². The van der Waals surface area contributed by atoms with Crippen LogP contribution >= 0.6 is 0 Å². The molecule has 0 unspecified atom stereocenters. The van der Waals surface area contributed by atoms with Gasteiger partial charge in [0.05, 0.1) is 0 Å². The summed E-state index contributed by atoms with van der Waals surface area (Å²) in [5.41, 5.74) is 2.79. The third kappa shape index (κ3) is 3.42. The fourth-order valence-electron chi connectivity index (χ4n) is 2.01. The Morgan fingerprint density at radius 1 is 0.950 bits per heavy atom. The van der Waals surface area contributed by atoms with Crippen molar-refractivity contribution in [2.75, 3.05) is 0 Å². The quantitative estimate of drug-likeness (QED) is 0.870. The van der Waals surface area contributed by atoms with Crippen LogP contribution < -0.4 is 5.32 Å². The van der Waals surface area contributed by atoms with Gasteiger partial charge in [0.2, 0.25) is 0 Å². The number of halogens is 2. The fraction of sp³-hybridized carbons (Fsp3) is 0.294. The molecule has 0 aliphatic heterocycles. The Balaban J connectivity index is 2.26. The van der Waals surface area contributed by atoms with E-state index in [0.29, 0.717) is 23.7 Å². The summed E-state index contributed by atoms with van der Waals surface area (Å²) in [6, 6.07) is 10.3. The Morgan fingerprint density at radius 2 is 1.60 bits per heavy atom. The van der Waals surface area contributed by atoms with E-state index in [1.165, 1.54) is 12.1 Å². The molecule has 106 valence electrons. The highest BCUT2D eigenvalue weighted by Gasteiger charge is 2.07. The molecule has 0 atom stereocenters. The molecular formula is C17H19F2N. The second-order valence-electron chi connectivity index (χ2n) is 5.31. The highest BCUT2D eigenvalue weighted by molar-refractivity contribution is 5.64. The highest BCUT2D eigenvalue weighted by atomic mass is 19.1. The van der Waals surface area contributed by atoms with Crippen molar-refractivity contribution in [1.29, 1.82) is 0 Å². The van der Waals surface area contributed by atoms with Crippen LogP contribution in [0.4, 0.5) is 8.78 Å². The van der Waals surface area contributed by atoms with E-state index >= 15 is 0 Å². The van der Waals surface area contributed by atoms with E-state index in [0.717, 1.165) is 11.1 Å². The molecule has 0 fully saturated rings. The average Bonchev–Trinajstić information content (AvgIpc) is 2.40. The zero-order valence-electron chi connectivity index (χ0n) is 12.0. The molecule has 20 heavy (non-hydrogen) atoms. The smallest absolute Gasteiger partial charge is 0.128 e. The maximum atomic E-state index is 14.1. The Hall–Kier alpha value is -1.74. The van der Waals surface area contributed by atoms with E-state index in [4.69, 9.17) is 0 Å². The Bertz CT molecular complexity index is 606. The number of benzene rings is 2. The highest BCUT2D eigenvalue weighted by Crippen LogP contribution is 2.24. The summed E-state index contributed by atoms with van der Waals surface area (Å²) >= 11 is 0. The lowest BCUT2D eigenvalue weighted by Crippen LogP contribution is -2.22. The van der Waals surface area contributed by atoms with Crippen molar-refractivity contribution < 1.29 is 8.78 Å². The molecule has 2 rings (SSSR count). The van der Waals surface area contributed by atoms with Crippen LogP contribution in [0.25, 0.3) is 11.1 Å². The van der Waals surface area contributed by atoms with Gasteiger partial charge in [0.25, 0.3) is 0 Å². The predicted octanol–water partition coefficient (Wildman–Crippen LogP) is 4.44. The summed E-state index contributed by atoms with van der Waals surface area (Å²) in [5.74, 6) is -0.482. The van der Waals surface area contributed by atoms with E-state index in [9.17, 15) is 8.78 Å². The SMILES string of the molecule is Cc1cc(-c2ccc(CNC(C)C)c(F)c2)ccc1F. The first-order valence-corrected chi connectivity index (χ1v) is 6.75. The molecule has 0 bridgehead atoms. The topological polar surface area (TPSA) is 12.0 Å². The first-order chi connectivity index (χ1) is 9.47. The molecule has 1 N–H and O–H groups in total. The van der Waals surface area contributed by atoms with Gasteiger partial charge in [0.15, 0.2) is 0 Å². The first kappa shape index (κ1) is 14.7. The lowest BCUT2D eigenvalue weighted by atomic mass is 10.0. The molecule has 3 heteroatoms. The van der Waals surface area contributed by atoms with E-state index < -0.39 is 0 Å². The van der Waals surface area contributed by atoms with Crippen molar-refractivity contribution in [1.82, 2.24) is 5.32 Å². The molecule has 0 amide bonds. The summed E-state index contributed by atoms with van der Waals surface area (Å²) in [4.78, 5) is 0. The summed E-state index contributed by atoms with van der Waals surface area (Å²) in [7, 11) is 0. The van der Waals surface area contributed by atoms with Crippen LogP contribution in [0.1, 0.15) is 25.0 Å².